The highest BCUT2D eigenvalue weighted by Crippen LogP contribution is 2.08. The van der Waals surface area contributed by atoms with E-state index in [4.69, 9.17) is 5.11 Å². The van der Waals surface area contributed by atoms with Crippen LogP contribution in [-0.4, -0.2) is 22.3 Å². The second-order valence-electron chi connectivity index (χ2n) is 5.55. The van der Waals surface area contributed by atoms with E-state index >= 15 is 0 Å². The molecule has 0 aromatic heterocycles. The van der Waals surface area contributed by atoms with Gasteiger partial charge in [-0.2, -0.15) is 0 Å². The maximum atomic E-state index is 10.3. The zero-order valence-corrected chi connectivity index (χ0v) is 13.5. The Morgan fingerprint density at radius 2 is 1.71 bits per heavy atom. The van der Waals surface area contributed by atoms with Gasteiger partial charge in [0.05, 0.1) is 6.10 Å². The van der Waals surface area contributed by atoms with Crippen LogP contribution >= 0.6 is 0 Å². The van der Waals surface area contributed by atoms with Gasteiger partial charge in [-0.15, -0.1) is 0 Å². The minimum absolute atomic E-state index is 0.288. The quantitative estimate of drug-likeness (QED) is 0.355. The normalized spacial score (nSPS) is 13.2. The van der Waals surface area contributed by atoms with Crippen LogP contribution in [0.5, 0.6) is 0 Å². The van der Waals surface area contributed by atoms with Gasteiger partial charge < -0.3 is 10.2 Å². The molecule has 122 valence electrons. The smallest absolute Gasteiger partial charge is 0.303 e. The summed E-state index contributed by atoms with van der Waals surface area (Å²) in [6, 6.07) is 0. The Bertz CT molecular complexity index is 295. The summed E-state index contributed by atoms with van der Waals surface area (Å²) in [6.07, 6.45) is 18.6. The minimum atomic E-state index is -0.689. The van der Waals surface area contributed by atoms with Crippen molar-refractivity contribution in [2.75, 3.05) is 0 Å². The van der Waals surface area contributed by atoms with E-state index in [2.05, 4.69) is 19.1 Å². The summed E-state index contributed by atoms with van der Waals surface area (Å²) < 4.78 is 0. The number of allylic oxidation sites excluding steroid dienone is 3. The molecule has 0 aliphatic heterocycles. The van der Waals surface area contributed by atoms with Crippen LogP contribution in [0.2, 0.25) is 0 Å². The summed E-state index contributed by atoms with van der Waals surface area (Å²) in [5, 5.41) is 18.1. The van der Waals surface area contributed by atoms with Gasteiger partial charge >= 0.3 is 5.97 Å². The molecule has 0 aromatic rings. The molecule has 0 unspecified atom stereocenters. The van der Waals surface area contributed by atoms with Crippen molar-refractivity contribution in [2.24, 2.45) is 0 Å². The van der Waals surface area contributed by atoms with Crippen molar-refractivity contribution in [2.45, 2.75) is 83.7 Å². The third-order valence-corrected chi connectivity index (χ3v) is 3.41. The van der Waals surface area contributed by atoms with Crippen molar-refractivity contribution < 1.29 is 15.0 Å². The largest absolute Gasteiger partial charge is 0.481 e. The van der Waals surface area contributed by atoms with Gasteiger partial charge in [-0.05, 0) is 32.1 Å². The average molecular weight is 296 g/mol. The summed E-state index contributed by atoms with van der Waals surface area (Å²) in [6.45, 7) is 2.13. The van der Waals surface area contributed by atoms with Crippen molar-refractivity contribution in [1.29, 1.82) is 0 Å². The van der Waals surface area contributed by atoms with Crippen LogP contribution in [0.4, 0.5) is 0 Å². The van der Waals surface area contributed by atoms with E-state index in [1.165, 1.54) is 12.8 Å². The fourth-order valence-electron chi connectivity index (χ4n) is 2.11. The monoisotopic (exact) mass is 296 g/mol. The first-order valence-corrected chi connectivity index (χ1v) is 8.38. The van der Waals surface area contributed by atoms with E-state index in [1.54, 1.807) is 0 Å². The fourth-order valence-corrected chi connectivity index (χ4v) is 2.11. The van der Waals surface area contributed by atoms with E-state index in [9.17, 15) is 9.90 Å². The Balaban J connectivity index is 3.32. The van der Waals surface area contributed by atoms with Gasteiger partial charge in [0, 0.05) is 6.42 Å². The standard InChI is InChI=1S/C18H32O3/c1-2-3-14-17(19)15-12-10-8-6-4-5-7-9-11-13-16-18(20)21/h6,8,12,15,17,19H,2-5,7,9-11,13-14,16H2,1H3,(H,20,21)/b8-6-,15-12-/t17-/m1/s1. The van der Waals surface area contributed by atoms with E-state index in [-0.39, 0.29) is 6.10 Å². The molecule has 0 saturated heterocycles. The zero-order valence-electron chi connectivity index (χ0n) is 13.5. The number of carboxylic acid groups (broad SMARTS) is 1. The number of aliphatic hydroxyl groups excluding tert-OH is 1. The van der Waals surface area contributed by atoms with Gasteiger partial charge in [-0.1, -0.05) is 63.3 Å². The summed E-state index contributed by atoms with van der Waals surface area (Å²) in [5.74, 6) is -0.689. The lowest BCUT2D eigenvalue weighted by molar-refractivity contribution is -0.137. The van der Waals surface area contributed by atoms with Crippen LogP contribution in [-0.2, 0) is 4.79 Å². The van der Waals surface area contributed by atoms with Crippen LogP contribution in [0.25, 0.3) is 0 Å². The SMILES string of the molecule is CCCC[C@@H](O)/C=C\C/C=C\CCCCCCCC(=O)O. The Morgan fingerprint density at radius 3 is 2.43 bits per heavy atom. The minimum Gasteiger partial charge on any atom is -0.481 e. The fraction of sp³-hybridized carbons (Fsp3) is 0.722. The highest BCUT2D eigenvalue weighted by molar-refractivity contribution is 5.66. The first kappa shape index (κ1) is 19.9. The van der Waals surface area contributed by atoms with Crippen molar-refractivity contribution in [3.05, 3.63) is 24.3 Å². The highest BCUT2D eigenvalue weighted by atomic mass is 16.4. The van der Waals surface area contributed by atoms with Crippen molar-refractivity contribution >= 4 is 5.97 Å². The highest BCUT2D eigenvalue weighted by Gasteiger charge is 1.96. The number of aliphatic hydroxyl groups is 1. The van der Waals surface area contributed by atoms with Crippen molar-refractivity contribution in [3.63, 3.8) is 0 Å². The molecule has 0 spiro atoms. The third kappa shape index (κ3) is 16.9. The van der Waals surface area contributed by atoms with E-state index < -0.39 is 5.97 Å². The predicted molar refractivity (Wildman–Crippen MR) is 88.4 cm³/mol. The van der Waals surface area contributed by atoms with Crippen molar-refractivity contribution in [1.82, 2.24) is 0 Å². The molecule has 0 rings (SSSR count). The molecule has 2 N–H and O–H groups in total. The number of unbranched alkanes of at least 4 members (excludes halogenated alkanes) is 6. The maximum Gasteiger partial charge on any atom is 0.303 e. The molecule has 0 heterocycles. The molecule has 0 bridgehead atoms. The molecule has 0 aromatic carbocycles. The molecule has 0 aliphatic carbocycles. The first-order chi connectivity index (χ1) is 10.2. The lowest BCUT2D eigenvalue weighted by Crippen LogP contribution is -2.00. The van der Waals surface area contributed by atoms with Crippen LogP contribution < -0.4 is 0 Å². The van der Waals surface area contributed by atoms with E-state index in [0.29, 0.717) is 6.42 Å². The summed E-state index contributed by atoms with van der Waals surface area (Å²) in [4.78, 5) is 10.3. The summed E-state index contributed by atoms with van der Waals surface area (Å²) >= 11 is 0. The molecule has 0 radical (unpaired) electrons. The number of aliphatic carboxylic acids is 1. The van der Waals surface area contributed by atoms with Crippen LogP contribution in [0.3, 0.4) is 0 Å². The number of rotatable bonds is 14. The van der Waals surface area contributed by atoms with Crippen molar-refractivity contribution in [3.8, 4) is 0 Å². The Kier molecular flexibility index (Phi) is 14.5. The van der Waals surface area contributed by atoms with Crippen LogP contribution in [0, 0.1) is 0 Å². The van der Waals surface area contributed by atoms with Gasteiger partial charge in [-0.25, -0.2) is 0 Å². The molecule has 21 heavy (non-hydrogen) atoms. The molecule has 3 heteroatoms. The zero-order chi connectivity index (χ0) is 15.8. The van der Waals surface area contributed by atoms with E-state index in [1.807, 2.05) is 12.2 Å². The lowest BCUT2D eigenvalue weighted by atomic mass is 10.1. The second-order valence-corrected chi connectivity index (χ2v) is 5.55. The Hall–Kier alpha value is -1.09. The molecule has 0 amide bonds. The van der Waals surface area contributed by atoms with Gasteiger partial charge in [0.2, 0.25) is 0 Å². The summed E-state index contributed by atoms with van der Waals surface area (Å²) in [7, 11) is 0. The van der Waals surface area contributed by atoms with Gasteiger partial charge in [-0.3, -0.25) is 4.79 Å². The van der Waals surface area contributed by atoms with Gasteiger partial charge in [0.15, 0.2) is 0 Å². The molecule has 0 aliphatic rings. The Morgan fingerprint density at radius 1 is 1.00 bits per heavy atom. The van der Waals surface area contributed by atoms with Gasteiger partial charge in [0.25, 0.3) is 0 Å². The molecule has 1 atom stereocenters. The lowest BCUT2D eigenvalue weighted by Gasteiger charge is -2.02. The van der Waals surface area contributed by atoms with Gasteiger partial charge in [0.1, 0.15) is 0 Å². The molecule has 3 nitrogen and oxygen atoms in total. The topological polar surface area (TPSA) is 57.5 Å². The Labute approximate surface area is 129 Å². The number of carboxylic acids is 1. The third-order valence-electron chi connectivity index (χ3n) is 3.41. The number of carbonyl (C=O) groups is 1. The summed E-state index contributed by atoms with van der Waals surface area (Å²) in [5.41, 5.74) is 0. The number of hydrogen-bond acceptors (Lipinski definition) is 2. The van der Waals surface area contributed by atoms with E-state index in [0.717, 1.165) is 51.4 Å². The number of hydrogen-bond donors (Lipinski definition) is 2. The average Bonchev–Trinajstić information content (AvgIpc) is 2.45. The predicted octanol–water partition coefficient (Wildman–Crippen LogP) is 4.86. The molecule has 0 fully saturated rings. The van der Waals surface area contributed by atoms with Crippen LogP contribution in [0.15, 0.2) is 24.3 Å². The first-order valence-electron chi connectivity index (χ1n) is 8.38. The second kappa shape index (κ2) is 15.3. The molecule has 0 saturated carbocycles. The molecular weight excluding hydrogens is 264 g/mol. The van der Waals surface area contributed by atoms with Crippen LogP contribution in [0.1, 0.15) is 77.6 Å². The maximum absolute atomic E-state index is 10.3. The molecular formula is C18H32O3.